The number of benzene rings is 2. The molecule has 248 valence electrons. The average Bonchev–Trinajstić information content (AvgIpc) is 3.41. The number of alkyl halides is 3. The van der Waals surface area contributed by atoms with E-state index < -0.39 is 70.4 Å². The first-order chi connectivity index (χ1) is 22.7. The molecule has 48 heavy (non-hydrogen) atoms. The number of phenols is 1. The number of pyridine rings is 1. The van der Waals surface area contributed by atoms with Crippen molar-refractivity contribution in [3.8, 4) is 5.75 Å². The van der Waals surface area contributed by atoms with Gasteiger partial charge in [0.05, 0.1) is 33.9 Å². The third kappa shape index (κ3) is 4.48. The van der Waals surface area contributed by atoms with Crippen LogP contribution in [0.3, 0.4) is 0 Å². The van der Waals surface area contributed by atoms with Crippen LogP contribution in [0, 0.1) is 36.0 Å². The van der Waals surface area contributed by atoms with Crippen LogP contribution < -0.4 is 9.91 Å². The van der Waals surface area contributed by atoms with Gasteiger partial charge in [0.15, 0.2) is 5.82 Å². The van der Waals surface area contributed by atoms with E-state index in [1.165, 1.54) is 18.0 Å². The molecule has 2 aliphatic carbocycles. The van der Waals surface area contributed by atoms with Crippen LogP contribution in [0.5, 0.6) is 5.75 Å². The highest BCUT2D eigenvalue weighted by Gasteiger charge is 2.68. The molecular formula is C35H30ClF3N4O5. The summed E-state index contributed by atoms with van der Waals surface area (Å²) in [5.41, 5.74) is -0.107. The number of aromatic nitrogens is 1. The second-order valence-corrected chi connectivity index (χ2v) is 13.5. The number of allylic oxidation sites excluding steroid dienone is 2. The zero-order valence-electron chi connectivity index (χ0n) is 26.0. The lowest BCUT2D eigenvalue weighted by Gasteiger charge is -2.49. The molecule has 1 aromatic heterocycles. The number of fused-ring (bicyclic) bond motifs is 4. The quantitative estimate of drug-likeness (QED) is 0.264. The van der Waals surface area contributed by atoms with Crippen LogP contribution >= 0.6 is 11.6 Å². The van der Waals surface area contributed by atoms with Gasteiger partial charge in [-0.15, -0.1) is 0 Å². The first kappa shape index (κ1) is 31.9. The number of imide groups is 2. The summed E-state index contributed by atoms with van der Waals surface area (Å²) in [5.74, 6) is -6.43. The topological polar surface area (TPSA) is 111 Å². The van der Waals surface area contributed by atoms with Crippen molar-refractivity contribution in [3.63, 3.8) is 0 Å². The van der Waals surface area contributed by atoms with Gasteiger partial charge in [0, 0.05) is 13.0 Å². The monoisotopic (exact) mass is 678 g/mol. The molecule has 9 nitrogen and oxygen atoms in total. The molecule has 3 fully saturated rings. The summed E-state index contributed by atoms with van der Waals surface area (Å²) in [6.45, 7) is 3.49. The number of carbonyl (C=O) groups excluding carboxylic acids is 4. The fraction of sp³-hybridized carbons (Fsp3) is 0.343. The minimum Gasteiger partial charge on any atom is -0.508 e. The third-order valence-corrected chi connectivity index (χ3v) is 10.8. The number of hydrazine groups is 1. The van der Waals surface area contributed by atoms with Crippen LogP contribution in [0.25, 0.3) is 0 Å². The lowest BCUT2D eigenvalue weighted by molar-refractivity contribution is -0.141. The molecular weight excluding hydrogens is 649 g/mol. The Morgan fingerprint density at radius 1 is 0.979 bits per heavy atom. The number of rotatable bonds is 4. The number of carbonyl (C=O) groups is 4. The summed E-state index contributed by atoms with van der Waals surface area (Å²) < 4.78 is 40.6. The molecule has 2 aromatic carbocycles. The van der Waals surface area contributed by atoms with Crippen LogP contribution in [0.15, 0.2) is 72.3 Å². The van der Waals surface area contributed by atoms with Crippen molar-refractivity contribution in [3.05, 3.63) is 94.2 Å². The maximum atomic E-state index is 14.4. The van der Waals surface area contributed by atoms with Crippen molar-refractivity contribution in [1.82, 2.24) is 9.99 Å². The van der Waals surface area contributed by atoms with Gasteiger partial charge in [0.1, 0.15) is 11.4 Å². The van der Waals surface area contributed by atoms with E-state index in [4.69, 9.17) is 11.6 Å². The Balaban J connectivity index is 1.32. The zero-order chi connectivity index (χ0) is 34.4. The summed E-state index contributed by atoms with van der Waals surface area (Å²) in [5, 5.41) is 11.9. The minimum atomic E-state index is -4.79. The second-order valence-electron chi connectivity index (χ2n) is 13.1. The fourth-order valence-electron chi connectivity index (χ4n) is 8.27. The Bertz CT molecular complexity index is 1930. The van der Waals surface area contributed by atoms with Gasteiger partial charge in [-0.25, -0.2) is 9.88 Å². The SMILES string of the molecule is Cc1cc([C@H]2C3=CC[C@@H]4C(=O)N(N(C)c5nc(C(F)(F)F)ccc5Cl)C(=O)[C@@H]4[C@@H]3C[C@H]3C(=O)N(c4ccccc4)C(=O)[C@@]23C)ccc1O. The Morgan fingerprint density at radius 2 is 1.69 bits per heavy atom. The number of phenolic OH excluding ortho intramolecular Hbond substituents is 1. The zero-order valence-corrected chi connectivity index (χ0v) is 26.8. The molecule has 1 N–H and O–H groups in total. The molecule has 0 radical (unpaired) electrons. The molecule has 1 saturated carbocycles. The minimum absolute atomic E-state index is 0.0577. The number of para-hydroxylation sites is 1. The molecule has 3 aromatic rings. The number of amides is 4. The molecule has 2 saturated heterocycles. The number of nitrogens with zero attached hydrogens (tertiary/aromatic N) is 4. The molecule has 6 atom stereocenters. The lowest BCUT2D eigenvalue weighted by atomic mass is 9.51. The molecule has 4 aliphatic rings. The number of halogens is 4. The number of aromatic hydroxyl groups is 1. The van der Waals surface area contributed by atoms with Gasteiger partial charge in [-0.1, -0.05) is 53.6 Å². The summed E-state index contributed by atoms with van der Waals surface area (Å²) >= 11 is 6.24. The van der Waals surface area contributed by atoms with E-state index >= 15 is 0 Å². The highest BCUT2D eigenvalue weighted by molar-refractivity contribution is 6.33. The molecule has 3 heterocycles. The van der Waals surface area contributed by atoms with Gasteiger partial charge in [0.25, 0.3) is 11.8 Å². The van der Waals surface area contributed by atoms with Crippen LogP contribution in [0.1, 0.15) is 42.5 Å². The third-order valence-electron chi connectivity index (χ3n) is 10.5. The standard InChI is InChI=1S/C35H30ClF3N4O5/c1-17-15-18(9-13-25(17)44)28-20-10-11-21-27(22(20)16-23-31(46)42(33(48)34(23,28)2)19-7-5-4-6-8-19)32(47)43(30(21)45)41(3)29-24(36)12-14-26(40-29)35(37,38)39/h4-10,12-15,21-23,27-28,44H,11,16H2,1-3H3/t21-,22+,23-,27-,28-,34+/m0/s1. The molecule has 2 aliphatic heterocycles. The average molecular weight is 679 g/mol. The first-order valence-corrected chi connectivity index (χ1v) is 15.8. The van der Waals surface area contributed by atoms with Crippen LogP contribution in [0.4, 0.5) is 24.7 Å². The van der Waals surface area contributed by atoms with E-state index in [1.54, 1.807) is 56.3 Å². The number of anilines is 2. The molecule has 7 rings (SSSR count). The highest BCUT2D eigenvalue weighted by atomic mass is 35.5. The largest absolute Gasteiger partial charge is 0.508 e. The molecule has 0 unspecified atom stereocenters. The van der Waals surface area contributed by atoms with E-state index in [0.29, 0.717) is 22.9 Å². The van der Waals surface area contributed by atoms with Crippen molar-refractivity contribution in [1.29, 1.82) is 0 Å². The van der Waals surface area contributed by atoms with Gasteiger partial charge >= 0.3 is 6.18 Å². The molecule has 0 spiro atoms. The van der Waals surface area contributed by atoms with Gasteiger partial charge < -0.3 is 5.11 Å². The molecule has 4 amide bonds. The number of hydrogen-bond acceptors (Lipinski definition) is 7. The fourth-order valence-corrected chi connectivity index (χ4v) is 8.49. The van der Waals surface area contributed by atoms with Crippen LogP contribution in [-0.2, 0) is 25.4 Å². The predicted molar refractivity (Wildman–Crippen MR) is 168 cm³/mol. The van der Waals surface area contributed by atoms with Gasteiger partial charge in [0.2, 0.25) is 11.8 Å². The van der Waals surface area contributed by atoms with Crippen molar-refractivity contribution in [2.24, 2.45) is 29.1 Å². The van der Waals surface area contributed by atoms with Gasteiger partial charge in [-0.05, 0) is 74.1 Å². The Labute approximate surface area is 278 Å². The Kier molecular flexibility index (Phi) is 7.24. The van der Waals surface area contributed by atoms with E-state index in [9.17, 15) is 37.5 Å². The summed E-state index contributed by atoms with van der Waals surface area (Å²) in [6.07, 6.45) is -2.69. The van der Waals surface area contributed by atoms with Crippen LogP contribution in [-0.4, -0.2) is 45.8 Å². The Morgan fingerprint density at radius 3 is 2.35 bits per heavy atom. The highest BCUT2D eigenvalue weighted by Crippen LogP contribution is 2.63. The molecule has 0 bridgehead atoms. The van der Waals surface area contributed by atoms with Crippen molar-refractivity contribution in [2.45, 2.75) is 38.8 Å². The number of aryl methyl sites for hydroxylation is 1. The summed E-state index contributed by atoms with van der Waals surface area (Å²) in [4.78, 5) is 61.7. The maximum absolute atomic E-state index is 14.4. The molecule has 13 heteroatoms. The first-order valence-electron chi connectivity index (χ1n) is 15.4. The van der Waals surface area contributed by atoms with Gasteiger partial charge in [-0.2, -0.15) is 18.2 Å². The smallest absolute Gasteiger partial charge is 0.433 e. The maximum Gasteiger partial charge on any atom is 0.433 e. The Hall–Kier alpha value is -4.71. The van der Waals surface area contributed by atoms with E-state index in [1.807, 2.05) is 6.08 Å². The van der Waals surface area contributed by atoms with E-state index in [0.717, 1.165) is 21.7 Å². The van der Waals surface area contributed by atoms with Crippen molar-refractivity contribution in [2.75, 3.05) is 17.0 Å². The summed E-state index contributed by atoms with van der Waals surface area (Å²) in [6, 6.07) is 15.3. The van der Waals surface area contributed by atoms with Crippen LogP contribution in [0.2, 0.25) is 5.02 Å². The lowest BCUT2D eigenvalue weighted by Crippen LogP contribution is -2.49. The van der Waals surface area contributed by atoms with Gasteiger partial charge in [-0.3, -0.25) is 24.2 Å². The normalized spacial score (nSPS) is 28.3. The van der Waals surface area contributed by atoms with Crippen molar-refractivity contribution >= 4 is 46.7 Å². The second kappa shape index (κ2) is 10.9. The van der Waals surface area contributed by atoms with E-state index in [-0.39, 0.29) is 29.5 Å². The predicted octanol–water partition coefficient (Wildman–Crippen LogP) is 6.05. The summed E-state index contributed by atoms with van der Waals surface area (Å²) in [7, 11) is 1.26. The van der Waals surface area contributed by atoms with E-state index in [2.05, 4.69) is 4.98 Å². The number of hydrogen-bond donors (Lipinski definition) is 1. The van der Waals surface area contributed by atoms with Crippen molar-refractivity contribution < 1.29 is 37.5 Å².